The van der Waals surface area contributed by atoms with Crippen LogP contribution in [0.25, 0.3) is 12.2 Å². The third-order valence-corrected chi connectivity index (χ3v) is 10.5. The van der Waals surface area contributed by atoms with Gasteiger partial charge >= 0.3 is 0 Å². The zero-order valence-corrected chi connectivity index (χ0v) is 29.1. The van der Waals surface area contributed by atoms with Crippen molar-refractivity contribution >= 4 is 46.3 Å². The molecular formula is C34H47N9O2S2. The first-order valence-corrected chi connectivity index (χ1v) is 18.1. The average Bonchev–Trinajstić information content (AvgIpc) is 3.67. The highest BCUT2D eigenvalue weighted by atomic mass is 32.2. The van der Waals surface area contributed by atoms with Gasteiger partial charge in [0.2, 0.25) is 0 Å². The van der Waals surface area contributed by atoms with E-state index < -0.39 is 4.92 Å². The van der Waals surface area contributed by atoms with E-state index in [1.165, 1.54) is 21.8 Å². The molecule has 4 rings (SSSR count). The Kier molecular flexibility index (Phi) is 13.6. The normalized spacial score (nSPS) is 14.9. The van der Waals surface area contributed by atoms with Gasteiger partial charge in [0.15, 0.2) is 16.9 Å². The molecule has 2 aromatic heterocycles. The van der Waals surface area contributed by atoms with Crippen molar-refractivity contribution in [3.8, 4) is 0 Å². The van der Waals surface area contributed by atoms with Crippen molar-refractivity contribution in [3.63, 3.8) is 0 Å². The second kappa shape index (κ2) is 17.8. The molecule has 0 saturated carbocycles. The molecular weight excluding hydrogens is 631 g/mol. The Morgan fingerprint density at radius 1 is 1.11 bits per heavy atom. The van der Waals surface area contributed by atoms with E-state index in [2.05, 4.69) is 95.3 Å². The molecule has 0 amide bonds. The van der Waals surface area contributed by atoms with Crippen molar-refractivity contribution in [3.05, 3.63) is 98.0 Å². The number of pyridine rings is 1. The first-order valence-electron chi connectivity index (χ1n) is 16.1. The lowest BCUT2D eigenvalue weighted by Gasteiger charge is -2.42. The maximum atomic E-state index is 11.2. The summed E-state index contributed by atoms with van der Waals surface area (Å²) in [6, 6.07) is 15.1. The summed E-state index contributed by atoms with van der Waals surface area (Å²) >= 11 is 3.08. The van der Waals surface area contributed by atoms with Crippen molar-refractivity contribution in [2.45, 2.75) is 57.2 Å². The number of hydrogen-bond donors (Lipinski definition) is 5. The number of thioether (sulfide) groups is 1. The summed E-state index contributed by atoms with van der Waals surface area (Å²) in [4.78, 5) is 22.3. The van der Waals surface area contributed by atoms with Crippen molar-refractivity contribution in [2.75, 3.05) is 37.8 Å². The summed E-state index contributed by atoms with van der Waals surface area (Å²) in [5.41, 5.74) is 7.19. The van der Waals surface area contributed by atoms with Gasteiger partial charge in [-0.25, -0.2) is 4.98 Å². The molecule has 0 bridgehead atoms. The number of anilines is 1. The van der Waals surface area contributed by atoms with Crippen molar-refractivity contribution in [2.24, 2.45) is 11.1 Å². The summed E-state index contributed by atoms with van der Waals surface area (Å²) in [6.07, 6.45) is 11.9. The predicted octanol–water partition coefficient (Wildman–Crippen LogP) is 4.28. The lowest BCUT2D eigenvalue weighted by molar-refractivity contribution is -0.404. The van der Waals surface area contributed by atoms with Crippen LogP contribution in [0.15, 0.2) is 66.1 Å². The van der Waals surface area contributed by atoms with Gasteiger partial charge in [0, 0.05) is 59.2 Å². The van der Waals surface area contributed by atoms with E-state index in [1.807, 2.05) is 17.6 Å². The number of aromatic nitrogens is 2. The van der Waals surface area contributed by atoms with Crippen LogP contribution in [0.5, 0.6) is 0 Å². The summed E-state index contributed by atoms with van der Waals surface area (Å²) in [7, 11) is 2.22. The standard InChI is InChI=1S/C34H47N9O2S2/c1-25(30-14-8-10-15-37-30)34(20-27-12-6-7-13-28(27)21-34)26(2)42(3)18-11-5-4-9-16-38-31(22-43(44)45)39-17-19-46-23-29-24-47-33(40-29)41-32(35)36/h6-8,10,12-15,20-22,24-26,38-39H,4-5,9,11,16-19,23H2,1-3H3,(H4,35,36,40,41)/b31-22-. The molecule has 1 aliphatic carbocycles. The van der Waals surface area contributed by atoms with E-state index in [-0.39, 0.29) is 23.3 Å². The first kappa shape index (κ1) is 35.9. The monoisotopic (exact) mass is 677 g/mol. The van der Waals surface area contributed by atoms with Crippen molar-refractivity contribution in [1.29, 1.82) is 5.41 Å². The molecule has 1 aromatic carbocycles. The van der Waals surface area contributed by atoms with Crippen molar-refractivity contribution in [1.82, 2.24) is 25.5 Å². The minimum Gasteiger partial charge on any atom is -0.370 e. The summed E-state index contributed by atoms with van der Waals surface area (Å²) in [5.74, 6) is 1.99. The molecule has 2 unspecified atom stereocenters. The second-order valence-electron chi connectivity index (χ2n) is 11.9. The number of nitrogens with two attached hydrogens (primary N) is 1. The molecule has 2 atom stereocenters. The number of guanidine groups is 1. The van der Waals surface area contributed by atoms with E-state index in [9.17, 15) is 10.1 Å². The fraction of sp³-hybridized carbons (Fsp3) is 0.441. The number of fused-ring (bicyclic) bond motifs is 1. The van der Waals surface area contributed by atoms with Crippen LogP contribution in [0.2, 0.25) is 0 Å². The van der Waals surface area contributed by atoms with E-state index >= 15 is 0 Å². The van der Waals surface area contributed by atoms with Crippen LogP contribution in [0.3, 0.4) is 0 Å². The highest BCUT2D eigenvalue weighted by Crippen LogP contribution is 2.44. The number of hydrogen-bond acceptors (Lipinski definition) is 10. The first-order chi connectivity index (χ1) is 22.7. The Balaban J connectivity index is 1.17. The minimum atomic E-state index is -0.433. The molecule has 1 aliphatic rings. The number of nitro groups is 1. The molecule has 47 heavy (non-hydrogen) atoms. The molecule has 13 heteroatoms. The van der Waals surface area contributed by atoms with Gasteiger partial charge in [-0.05, 0) is 55.9 Å². The van der Waals surface area contributed by atoms with E-state index in [4.69, 9.17) is 16.1 Å². The van der Waals surface area contributed by atoms with E-state index in [0.717, 1.165) is 55.6 Å². The third-order valence-electron chi connectivity index (χ3n) is 8.67. The van der Waals surface area contributed by atoms with Crippen LogP contribution in [0.4, 0.5) is 5.13 Å². The average molecular weight is 678 g/mol. The van der Waals surface area contributed by atoms with Gasteiger partial charge in [0.25, 0.3) is 6.20 Å². The fourth-order valence-corrected chi connectivity index (χ4v) is 7.55. The summed E-state index contributed by atoms with van der Waals surface area (Å²) < 4.78 is 0. The number of thiazole rings is 1. The number of unbranched alkanes of at least 4 members (excludes halogenated alkanes) is 3. The van der Waals surface area contributed by atoms with Crippen LogP contribution < -0.4 is 32.1 Å². The molecule has 0 spiro atoms. The van der Waals surface area contributed by atoms with Crippen LogP contribution >= 0.6 is 23.1 Å². The molecule has 11 nitrogen and oxygen atoms in total. The number of benzene rings is 1. The topological polar surface area (TPSA) is 158 Å². The Morgan fingerprint density at radius 3 is 2.49 bits per heavy atom. The molecule has 0 fully saturated rings. The zero-order chi connectivity index (χ0) is 33.6. The molecule has 0 aliphatic heterocycles. The molecule has 3 aromatic rings. The SMILES string of the molecule is CC(c1ccccn1)C1(C(C)N(C)CCCCCCN/C(=C/[N+](=O)[O-])NCCSCc2csc(NC(=N)N)n2)C=c2ccccc2=C1. The maximum absolute atomic E-state index is 11.2. The van der Waals surface area contributed by atoms with Gasteiger partial charge in [0.1, 0.15) is 0 Å². The van der Waals surface area contributed by atoms with Gasteiger partial charge in [-0.2, -0.15) is 11.8 Å². The number of nitrogens with one attached hydrogen (secondary N) is 4. The van der Waals surface area contributed by atoms with E-state index in [1.54, 1.807) is 11.8 Å². The summed E-state index contributed by atoms with van der Waals surface area (Å²) in [6.45, 7) is 6.88. The zero-order valence-electron chi connectivity index (χ0n) is 27.4. The fourth-order valence-electron chi connectivity index (χ4n) is 5.97. The van der Waals surface area contributed by atoms with Crippen LogP contribution in [0.1, 0.15) is 56.8 Å². The number of rotatable bonds is 20. The lowest BCUT2D eigenvalue weighted by atomic mass is 9.70. The highest BCUT2D eigenvalue weighted by Gasteiger charge is 2.42. The third kappa shape index (κ3) is 10.5. The van der Waals surface area contributed by atoms with E-state index in [0.29, 0.717) is 29.8 Å². The summed E-state index contributed by atoms with van der Waals surface area (Å²) in [5, 5.41) is 32.6. The molecule has 252 valence electrons. The Labute approximate surface area is 285 Å². The minimum absolute atomic E-state index is 0.137. The van der Waals surface area contributed by atoms with Crippen LogP contribution in [-0.4, -0.2) is 64.2 Å². The smallest absolute Gasteiger partial charge is 0.274 e. The second-order valence-corrected chi connectivity index (χ2v) is 13.8. The largest absolute Gasteiger partial charge is 0.370 e. The predicted molar refractivity (Wildman–Crippen MR) is 195 cm³/mol. The van der Waals surface area contributed by atoms with Crippen molar-refractivity contribution < 1.29 is 4.92 Å². The lowest BCUT2D eigenvalue weighted by Crippen LogP contribution is -2.45. The molecule has 0 radical (unpaired) electrons. The van der Waals surface area contributed by atoms with Crippen LogP contribution in [0, 0.1) is 20.9 Å². The van der Waals surface area contributed by atoms with Gasteiger partial charge in [0.05, 0.1) is 10.6 Å². The Morgan fingerprint density at radius 2 is 1.81 bits per heavy atom. The van der Waals surface area contributed by atoms with Gasteiger partial charge in [-0.3, -0.25) is 20.5 Å². The molecule has 6 N–H and O–H groups in total. The quantitative estimate of drug-likeness (QED) is 0.0385. The van der Waals surface area contributed by atoms with Crippen LogP contribution in [-0.2, 0) is 5.75 Å². The Hall–Kier alpha value is -3.94. The van der Waals surface area contributed by atoms with Gasteiger partial charge in [-0.15, -0.1) is 11.3 Å². The molecule has 0 saturated heterocycles. The van der Waals surface area contributed by atoms with Gasteiger partial charge in [-0.1, -0.05) is 62.2 Å². The number of nitrogens with zero attached hydrogens (tertiary/aromatic N) is 4. The van der Waals surface area contributed by atoms with Gasteiger partial charge < -0.3 is 26.6 Å². The Bertz CT molecular complexity index is 1580. The maximum Gasteiger partial charge on any atom is 0.274 e. The highest BCUT2D eigenvalue weighted by molar-refractivity contribution is 7.98. The molecule has 2 heterocycles.